The molecule has 0 saturated carbocycles. The third-order valence-corrected chi connectivity index (χ3v) is 5.42. The number of hydrogen-bond acceptors (Lipinski definition) is 10. The summed E-state index contributed by atoms with van der Waals surface area (Å²) in [5.74, 6) is -0.449. The van der Waals surface area contributed by atoms with E-state index in [4.69, 9.17) is 10.3 Å². The highest BCUT2D eigenvalue weighted by atomic mass is 32.2. The van der Waals surface area contributed by atoms with Crippen molar-refractivity contribution in [3.05, 3.63) is 34.8 Å². The predicted octanol–water partition coefficient (Wildman–Crippen LogP) is 1.61. The van der Waals surface area contributed by atoms with E-state index < -0.39 is 5.90 Å². The molecule has 3 aromatic rings. The molecule has 0 spiro atoms. The maximum atomic E-state index is 12.1. The quantitative estimate of drug-likeness (QED) is 0.278. The van der Waals surface area contributed by atoms with E-state index in [1.807, 2.05) is 24.4 Å². The van der Waals surface area contributed by atoms with E-state index in [0.717, 1.165) is 16.6 Å². The largest absolute Gasteiger partial charge is 0.861 e. The van der Waals surface area contributed by atoms with E-state index in [1.54, 1.807) is 6.07 Å². The summed E-state index contributed by atoms with van der Waals surface area (Å²) in [4.78, 5) is 8.70. The van der Waals surface area contributed by atoms with Gasteiger partial charge in [-0.15, -0.1) is 11.3 Å². The van der Waals surface area contributed by atoms with Crippen LogP contribution in [0.5, 0.6) is 0 Å². The Bertz CT molecular complexity index is 1110. The van der Waals surface area contributed by atoms with Crippen LogP contribution in [0, 0.1) is 22.7 Å². The van der Waals surface area contributed by atoms with Gasteiger partial charge in [0.1, 0.15) is 28.5 Å². The van der Waals surface area contributed by atoms with Crippen molar-refractivity contribution in [1.82, 2.24) is 10.3 Å². The number of nitrogen functional groups attached to an aromatic ring is 1. The molecule has 11 heteroatoms. The monoisotopic (exact) mass is 411 g/mol. The summed E-state index contributed by atoms with van der Waals surface area (Å²) >= 11 is 2.41. The minimum absolute atomic E-state index is 0.0102. The first-order chi connectivity index (χ1) is 13.6. The zero-order valence-electron chi connectivity index (χ0n) is 14.6. The van der Waals surface area contributed by atoms with E-state index in [1.165, 1.54) is 22.2 Å². The van der Waals surface area contributed by atoms with Crippen molar-refractivity contribution in [3.63, 3.8) is 0 Å². The highest BCUT2D eigenvalue weighted by Gasteiger charge is 2.21. The minimum atomic E-state index is -0.476. The summed E-state index contributed by atoms with van der Waals surface area (Å²) in [6, 6.07) is 7.70. The number of aryl methyl sites for hydroxylation is 1. The molecule has 0 aromatic carbocycles. The van der Waals surface area contributed by atoms with Crippen LogP contribution in [0.2, 0.25) is 0 Å². The second kappa shape index (κ2) is 8.52. The van der Waals surface area contributed by atoms with Crippen LogP contribution in [-0.4, -0.2) is 21.9 Å². The fourth-order valence-electron chi connectivity index (χ4n) is 2.32. The molecule has 0 atom stereocenters. The average Bonchev–Trinajstić information content (AvgIpc) is 3.37. The molecule has 3 heterocycles. The summed E-state index contributed by atoms with van der Waals surface area (Å²) < 4.78 is 6.44. The molecule has 140 valence electrons. The molecule has 0 radical (unpaired) electrons. The van der Waals surface area contributed by atoms with Crippen LogP contribution < -0.4 is 15.5 Å². The molecule has 0 unspecified atom stereocenters. The third kappa shape index (κ3) is 3.96. The van der Waals surface area contributed by atoms with Gasteiger partial charge in [-0.25, -0.2) is 9.98 Å². The fourth-order valence-corrected chi connectivity index (χ4v) is 3.88. The van der Waals surface area contributed by atoms with Crippen LogP contribution >= 0.6 is 23.1 Å². The van der Waals surface area contributed by atoms with E-state index >= 15 is 0 Å². The summed E-state index contributed by atoms with van der Waals surface area (Å²) in [7, 11) is 0. The second-order valence-electron chi connectivity index (χ2n) is 5.32. The molecule has 0 aliphatic heterocycles. The van der Waals surface area contributed by atoms with E-state index in [-0.39, 0.29) is 33.6 Å². The molecule has 28 heavy (non-hydrogen) atoms. The van der Waals surface area contributed by atoms with E-state index in [0.29, 0.717) is 12.1 Å². The minimum Gasteiger partial charge on any atom is -0.861 e. The number of nitrogens with zero attached hydrogens (tertiary/aromatic N) is 6. The maximum Gasteiger partial charge on any atom is 0.320 e. The standard InChI is InChI=1S/C17H13N7O2S2/c1-2-24-8-14(26-23-24)21-13(25)9-28-17-11(7-19)15(12-4-3-5-27-12)10(6-18)16(20)22-17/h3-5,8H,2,9H2,1H3,(H2-,20,21,22,23,25). The Hall–Kier alpha value is -3.41. The highest BCUT2D eigenvalue weighted by Crippen LogP contribution is 2.37. The van der Waals surface area contributed by atoms with Crippen molar-refractivity contribution in [3.8, 4) is 22.6 Å². The number of nitrogens with two attached hydrogens (primary N) is 1. The molecule has 9 nitrogen and oxygen atoms in total. The van der Waals surface area contributed by atoms with Gasteiger partial charge in [0.05, 0.1) is 5.56 Å². The van der Waals surface area contributed by atoms with Crippen molar-refractivity contribution in [2.45, 2.75) is 18.5 Å². The zero-order chi connectivity index (χ0) is 20.1. The molecular formula is C17H13N7O2S2. The summed E-state index contributed by atoms with van der Waals surface area (Å²) in [6.45, 7) is 2.47. The van der Waals surface area contributed by atoms with Crippen LogP contribution in [0.15, 0.2) is 38.3 Å². The van der Waals surface area contributed by atoms with Gasteiger partial charge in [-0.2, -0.15) is 10.5 Å². The molecule has 0 fully saturated rings. The van der Waals surface area contributed by atoms with Gasteiger partial charge >= 0.3 is 5.88 Å². The molecule has 0 bridgehead atoms. The van der Waals surface area contributed by atoms with Gasteiger partial charge in [-0.05, 0) is 24.3 Å². The molecule has 0 amide bonds. The highest BCUT2D eigenvalue weighted by molar-refractivity contribution is 8.00. The van der Waals surface area contributed by atoms with Gasteiger partial charge in [-0.3, -0.25) is 4.52 Å². The predicted molar refractivity (Wildman–Crippen MR) is 102 cm³/mol. The SMILES string of the molecule is CC[n+]1cc(/N=C(/[O-])CSc2nc(N)c(C#N)c(-c3cccs3)c2C#N)on1. The first-order valence-electron chi connectivity index (χ1n) is 7.98. The van der Waals surface area contributed by atoms with Crippen molar-refractivity contribution in [2.75, 3.05) is 11.5 Å². The molecule has 0 saturated heterocycles. The number of nitriles is 2. The lowest BCUT2D eigenvalue weighted by molar-refractivity contribution is -0.759. The Morgan fingerprint density at radius 1 is 1.43 bits per heavy atom. The van der Waals surface area contributed by atoms with Crippen molar-refractivity contribution in [2.24, 2.45) is 4.99 Å². The molecule has 3 rings (SSSR count). The fraction of sp³-hybridized carbons (Fsp3) is 0.176. The first kappa shape index (κ1) is 19.4. The van der Waals surface area contributed by atoms with E-state index in [2.05, 4.69) is 21.3 Å². The number of aromatic nitrogens is 3. The number of aliphatic imine (C=N–C) groups is 1. The first-order valence-corrected chi connectivity index (χ1v) is 9.85. The summed E-state index contributed by atoms with van der Waals surface area (Å²) in [5, 5.41) is 37.0. The molecule has 3 aromatic heterocycles. The van der Waals surface area contributed by atoms with Crippen LogP contribution in [-0.2, 0) is 6.54 Å². The van der Waals surface area contributed by atoms with Gasteiger partial charge in [-0.1, -0.05) is 22.5 Å². The van der Waals surface area contributed by atoms with Crippen LogP contribution in [0.25, 0.3) is 10.4 Å². The zero-order valence-corrected chi connectivity index (χ0v) is 16.3. The van der Waals surface area contributed by atoms with Crippen LogP contribution in [0.4, 0.5) is 11.7 Å². The van der Waals surface area contributed by atoms with Crippen molar-refractivity contribution in [1.29, 1.82) is 10.5 Å². The summed E-state index contributed by atoms with van der Waals surface area (Å²) in [5.41, 5.74) is 6.70. The topological polar surface area (TPSA) is 152 Å². The van der Waals surface area contributed by atoms with Gasteiger partial charge in [0.2, 0.25) is 5.27 Å². The van der Waals surface area contributed by atoms with Gasteiger partial charge in [0.25, 0.3) is 6.20 Å². The average molecular weight is 411 g/mol. The lowest BCUT2D eigenvalue weighted by Crippen LogP contribution is -2.32. The number of thioether (sulfide) groups is 1. The van der Waals surface area contributed by atoms with Crippen molar-refractivity contribution < 1.29 is 14.3 Å². The number of anilines is 1. The molecule has 0 aliphatic carbocycles. The lowest BCUT2D eigenvalue weighted by Gasteiger charge is -2.13. The van der Waals surface area contributed by atoms with Crippen molar-refractivity contribution >= 4 is 40.7 Å². The summed E-state index contributed by atoms with van der Waals surface area (Å²) in [6.07, 6.45) is 1.51. The Labute approximate surface area is 168 Å². The third-order valence-electron chi connectivity index (χ3n) is 3.57. The normalized spacial score (nSPS) is 11.2. The maximum absolute atomic E-state index is 12.1. The van der Waals surface area contributed by atoms with Gasteiger partial charge < -0.3 is 10.8 Å². The Morgan fingerprint density at radius 2 is 2.21 bits per heavy atom. The van der Waals surface area contributed by atoms with Crippen LogP contribution in [0.3, 0.4) is 0 Å². The number of pyridine rings is 1. The molecule has 2 N–H and O–H groups in total. The van der Waals surface area contributed by atoms with Gasteiger partial charge in [0, 0.05) is 16.2 Å². The second-order valence-corrected chi connectivity index (χ2v) is 7.23. The Morgan fingerprint density at radius 3 is 2.82 bits per heavy atom. The number of hydrogen-bond donors (Lipinski definition) is 1. The lowest BCUT2D eigenvalue weighted by atomic mass is 10.0. The smallest absolute Gasteiger partial charge is 0.320 e. The molecule has 0 aliphatic rings. The molecular weight excluding hydrogens is 398 g/mol. The Kier molecular flexibility index (Phi) is 5.89. The van der Waals surface area contributed by atoms with E-state index in [9.17, 15) is 15.6 Å². The Balaban J connectivity index is 1.92. The number of rotatable bonds is 6. The number of thiophene rings is 1. The van der Waals surface area contributed by atoms with Crippen LogP contribution in [0.1, 0.15) is 18.1 Å². The van der Waals surface area contributed by atoms with Gasteiger partial charge in [0.15, 0.2) is 6.54 Å².